The van der Waals surface area contributed by atoms with Crippen molar-refractivity contribution in [3.63, 3.8) is 0 Å². The van der Waals surface area contributed by atoms with Crippen LogP contribution >= 0.6 is 0 Å². The second-order valence-corrected chi connectivity index (χ2v) is 15.8. The van der Waals surface area contributed by atoms with Crippen molar-refractivity contribution in [2.45, 2.75) is 0 Å². The molecule has 0 bridgehead atoms. The van der Waals surface area contributed by atoms with Crippen LogP contribution in [0.5, 0.6) is 0 Å². The molecule has 0 saturated carbocycles. The number of rotatable bonds is 3. The standard InChI is InChI=1S/C54H31N5/c1-2-15-34(16-3-1)57-45-23-11-8-18-36(45)38-28-27-33(30-48(38)57)50-39-20-6-7-21-41(39)54(56-55-50)59-51-35-17-5-4-14-32(35)26-29-40(51)44-31-43-37-19-9-12-24-46(37)58-47-25-13-10-22-42(47)49(52(43)58)53(44)59/h1-31H. The molecule has 5 aromatic heterocycles. The Labute approximate surface area is 336 Å². The third kappa shape index (κ3) is 3.98. The predicted molar refractivity (Wildman–Crippen MR) is 246 cm³/mol. The lowest BCUT2D eigenvalue weighted by molar-refractivity contribution is 0.980. The highest BCUT2D eigenvalue weighted by Crippen LogP contribution is 2.48. The number of aromatic nitrogens is 5. The van der Waals surface area contributed by atoms with Gasteiger partial charge in [0.2, 0.25) is 0 Å². The molecular formula is C54H31N5. The molecule has 0 radical (unpaired) electrons. The number of hydrogen-bond donors (Lipinski definition) is 0. The first kappa shape index (κ1) is 31.1. The number of para-hydroxylation sites is 4. The maximum atomic E-state index is 5.31. The zero-order valence-electron chi connectivity index (χ0n) is 31.6. The fourth-order valence-corrected chi connectivity index (χ4v) is 10.4. The molecule has 14 aromatic rings. The molecule has 0 aliphatic heterocycles. The van der Waals surface area contributed by atoms with E-state index in [1.165, 1.54) is 75.9 Å². The van der Waals surface area contributed by atoms with Gasteiger partial charge in [-0.2, -0.15) is 0 Å². The largest absolute Gasteiger partial charge is 0.309 e. The van der Waals surface area contributed by atoms with Gasteiger partial charge in [-0.25, -0.2) is 0 Å². The normalized spacial score (nSPS) is 12.4. The maximum absolute atomic E-state index is 5.31. The van der Waals surface area contributed by atoms with Gasteiger partial charge in [-0.05, 0) is 47.9 Å². The van der Waals surface area contributed by atoms with Gasteiger partial charge in [0.15, 0.2) is 5.82 Å². The molecule has 0 N–H and O–H groups in total. The van der Waals surface area contributed by atoms with Crippen LogP contribution in [0.2, 0.25) is 0 Å². The van der Waals surface area contributed by atoms with E-state index in [-0.39, 0.29) is 0 Å². The minimum absolute atomic E-state index is 0.822. The van der Waals surface area contributed by atoms with Crippen LogP contribution in [0.1, 0.15) is 0 Å². The van der Waals surface area contributed by atoms with Crippen LogP contribution in [-0.4, -0.2) is 23.7 Å². The van der Waals surface area contributed by atoms with Gasteiger partial charge in [-0.15, -0.1) is 10.2 Å². The van der Waals surface area contributed by atoms with Crippen LogP contribution in [0.4, 0.5) is 0 Å². The third-order valence-electron chi connectivity index (χ3n) is 12.8. The van der Waals surface area contributed by atoms with E-state index in [4.69, 9.17) is 10.2 Å². The molecule has 0 aliphatic carbocycles. The summed E-state index contributed by atoms with van der Waals surface area (Å²) in [5.41, 5.74) is 11.3. The summed E-state index contributed by atoms with van der Waals surface area (Å²) in [5.74, 6) is 0.822. The van der Waals surface area contributed by atoms with Crippen LogP contribution < -0.4 is 0 Å². The van der Waals surface area contributed by atoms with E-state index < -0.39 is 0 Å². The fourth-order valence-electron chi connectivity index (χ4n) is 10.4. The van der Waals surface area contributed by atoms with E-state index in [2.05, 4.69) is 202 Å². The van der Waals surface area contributed by atoms with Crippen LogP contribution in [0, 0.1) is 0 Å². The smallest absolute Gasteiger partial charge is 0.168 e. The van der Waals surface area contributed by atoms with Crippen LogP contribution in [0.15, 0.2) is 188 Å². The van der Waals surface area contributed by atoms with Crippen molar-refractivity contribution in [3.05, 3.63) is 188 Å². The molecule has 0 amide bonds. The first-order valence-corrected chi connectivity index (χ1v) is 20.2. The van der Waals surface area contributed by atoms with Crippen LogP contribution in [-0.2, 0) is 0 Å². The monoisotopic (exact) mass is 749 g/mol. The maximum Gasteiger partial charge on any atom is 0.168 e. The van der Waals surface area contributed by atoms with Crippen molar-refractivity contribution < 1.29 is 0 Å². The average molecular weight is 750 g/mol. The highest BCUT2D eigenvalue weighted by molar-refractivity contribution is 6.35. The Morgan fingerprint density at radius 1 is 0.322 bits per heavy atom. The van der Waals surface area contributed by atoms with Gasteiger partial charge in [-0.3, -0.25) is 4.57 Å². The number of fused-ring (bicyclic) bond motifs is 16. The van der Waals surface area contributed by atoms with Crippen LogP contribution in [0.25, 0.3) is 126 Å². The van der Waals surface area contributed by atoms with E-state index in [0.717, 1.165) is 50.1 Å². The zero-order chi connectivity index (χ0) is 38.3. The molecule has 0 saturated heterocycles. The highest BCUT2D eigenvalue weighted by Gasteiger charge is 2.27. The molecule has 14 rings (SSSR count). The molecule has 0 aliphatic rings. The molecular weight excluding hydrogens is 719 g/mol. The summed E-state index contributed by atoms with van der Waals surface area (Å²) in [5, 5.41) is 24.8. The SMILES string of the molecule is c1ccc(-n2c3ccccc3c3ccc(-c4nnc(-n5c6c7ccccc7ccc6c6cc7c8ccccc8n8c9ccccc9c(c65)c78)c5ccccc45)cc32)cc1. The Bertz CT molecular complexity index is 4070. The Kier molecular flexibility index (Phi) is 5.96. The summed E-state index contributed by atoms with van der Waals surface area (Å²) < 4.78 is 7.26. The summed E-state index contributed by atoms with van der Waals surface area (Å²) in [6.45, 7) is 0. The van der Waals surface area contributed by atoms with Crippen molar-refractivity contribution in [2.75, 3.05) is 0 Å². The third-order valence-corrected chi connectivity index (χ3v) is 12.8. The lowest BCUT2D eigenvalue weighted by Crippen LogP contribution is -2.03. The van der Waals surface area contributed by atoms with E-state index in [1.807, 2.05) is 0 Å². The topological polar surface area (TPSA) is 40.0 Å². The summed E-state index contributed by atoms with van der Waals surface area (Å²) in [4.78, 5) is 0. The van der Waals surface area contributed by atoms with Crippen molar-refractivity contribution in [1.82, 2.24) is 23.7 Å². The Morgan fingerprint density at radius 3 is 1.73 bits per heavy atom. The minimum atomic E-state index is 0.822. The molecule has 9 aromatic carbocycles. The van der Waals surface area contributed by atoms with Crippen molar-refractivity contribution in [2.24, 2.45) is 0 Å². The molecule has 5 heteroatoms. The molecule has 0 fully saturated rings. The molecule has 272 valence electrons. The van der Waals surface area contributed by atoms with Gasteiger partial charge in [0.05, 0.1) is 38.6 Å². The zero-order valence-corrected chi connectivity index (χ0v) is 31.6. The van der Waals surface area contributed by atoms with Crippen molar-refractivity contribution in [1.29, 1.82) is 0 Å². The molecule has 5 nitrogen and oxygen atoms in total. The minimum Gasteiger partial charge on any atom is -0.309 e. The lowest BCUT2D eigenvalue weighted by Gasteiger charge is -2.14. The quantitative estimate of drug-likeness (QED) is 0.180. The fraction of sp³-hybridized carbons (Fsp3) is 0. The Balaban J connectivity index is 1.12. The molecule has 0 unspecified atom stereocenters. The predicted octanol–water partition coefficient (Wildman–Crippen LogP) is 13.8. The number of benzene rings is 9. The first-order chi connectivity index (χ1) is 29.3. The molecule has 5 heterocycles. The summed E-state index contributed by atoms with van der Waals surface area (Å²) in [6.07, 6.45) is 0. The average Bonchev–Trinajstić information content (AvgIpc) is 4.03. The molecule has 59 heavy (non-hydrogen) atoms. The van der Waals surface area contributed by atoms with Crippen molar-refractivity contribution in [3.8, 4) is 22.8 Å². The molecule has 0 atom stereocenters. The first-order valence-electron chi connectivity index (χ1n) is 20.2. The van der Waals surface area contributed by atoms with E-state index in [9.17, 15) is 0 Å². The second-order valence-electron chi connectivity index (χ2n) is 15.8. The van der Waals surface area contributed by atoms with Gasteiger partial charge >= 0.3 is 0 Å². The highest BCUT2D eigenvalue weighted by atomic mass is 15.2. The molecule has 0 spiro atoms. The summed E-state index contributed by atoms with van der Waals surface area (Å²) >= 11 is 0. The van der Waals surface area contributed by atoms with Crippen LogP contribution in [0.3, 0.4) is 0 Å². The van der Waals surface area contributed by atoms with Crippen molar-refractivity contribution >= 4 is 103 Å². The van der Waals surface area contributed by atoms with E-state index in [0.29, 0.717) is 0 Å². The van der Waals surface area contributed by atoms with Gasteiger partial charge in [0.25, 0.3) is 0 Å². The number of nitrogens with zero attached hydrogens (tertiary/aromatic N) is 5. The van der Waals surface area contributed by atoms with E-state index in [1.54, 1.807) is 0 Å². The Morgan fingerprint density at radius 2 is 0.915 bits per heavy atom. The number of hydrogen-bond acceptors (Lipinski definition) is 2. The second kappa shape index (κ2) is 11.3. The van der Waals surface area contributed by atoms with Gasteiger partial charge < -0.3 is 8.97 Å². The van der Waals surface area contributed by atoms with Gasteiger partial charge in [0, 0.05) is 70.5 Å². The summed E-state index contributed by atoms with van der Waals surface area (Å²) in [7, 11) is 0. The lowest BCUT2D eigenvalue weighted by atomic mass is 10.0. The van der Waals surface area contributed by atoms with E-state index >= 15 is 0 Å². The van der Waals surface area contributed by atoms with Gasteiger partial charge in [-0.1, -0.05) is 146 Å². The summed E-state index contributed by atoms with van der Waals surface area (Å²) in [6, 6.07) is 68.1. The van der Waals surface area contributed by atoms with Gasteiger partial charge in [0.1, 0.15) is 5.69 Å². The Hall–Kier alpha value is -8.02.